The van der Waals surface area contributed by atoms with Crippen LogP contribution in [0.15, 0.2) is 28.8 Å². The summed E-state index contributed by atoms with van der Waals surface area (Å²) in [6, 6.07) is 6.80. The number of aliphatic carboxylic acids is 1. The maximum absolute atomic E-state index is 12.5. The van der Waals surface area contributed by atoms with Crippen LogP contribution in [-0.2, 0) is 22.6 Å². The largest absolute Gasteiger partial charge is 0.497 e. The molecule has 8 nitrogen and oxygen atoms in total. The van der Waals surface area contributed by atoms with Gasteiger partial charge in [0, 0.05) is 18.7 Å². The highest BCUT2D eigenvalue weighted by Gasteiger charge is 2.19. The quantitative estimate of drug-likeness (QED) is 0.774. The predicted octanol–water partition coefficient (Wildman–Crippen LogP) is 1.66. The SMILES string of the molecule is COc1cc(CN(CC(=O)O)C(=O)Cc2cc(C)on2)cc(OC)c1. The zero-order chi connectivity index (χ0) is 18.4. The number of methoxy groups -OCH3 is 2. The van der Waals surface area contributed by atoms with Crippen molar-refractivity contribution in [3.05, 3.63) is 41.3 Å². The monoisotopic (exact) mass is 348 g/mol. The van der Waals surface area contributed by atoms with E-state index in [9.17, 15) is 9.59 Å². The topological polar surface area (TPSA) is 102 Å². The Hall–Kier alpha value is -3.03. The number of aryl methyl sites for hydroxylation is 1. The lowest BCUT2D eigenvalue weighted by Crippen LogP contribution is -2.36. The van der Waals surface area contributed by atoms with Crippen molar-refractivity contribution in [3.8, 4) is 11.5 Å². The van der Waals surface area contributed by atoms with Crippen molar-refractivity contribution in [3.63, 3.8) is 0 Å². The van der Waals surface area contributed by atoms with Gasteiger partial charge in [-0.2, -0.15) is 0 Å². The first-order chi connectivity index (χ1) is 11.9. The third-order valence-electron chi connectivity index (χ3n) is 3.47. The fourth-order valence-electron chi connectivity index (χ4n) is 2.34. The van der Waals surface area contributed by atoms with Crippen molar-refractivity contribution in [1.29, 1.82) is 0 Å². The number of rotatable bonds is 8. The van der Waals surface area contributed by atoms with Crippen molar-refractivity contribution in [2.45, 2.75) is 19.9 Å². The number of carboxylic acid groups (broad SMARTS) is 1. The number of benzene rings is 1. The van der Waals surface area contributed by atoms with Gasteiger partial charge in [-0.3, -0.25) is 9.59 Å². The molecule has 0 bridgehead atoms. The molecule has 1 aromatic carbocycles. The van der Waals surface area contributed by atoms with E-state index in [2.05, 4.69) is 5.16 Å². The van der Waals surface area contributed by atoms with Gasteiger partial charge in [0.2, 0.25) is 5.91 Å². The lowest BCUT2D eigenvalue weighted by molar-refractivity contribution is -0.144. The molecule has 0 fully saturated rings. The first-order valence-electron chi connectivity index (χ1n) is 7.55. The third kappa shape index (κ3) is 5.23. The van der Waals surface area contributed by atoms with Crippen LogP contribution in [0.5, 0.6) is 11.5 Å². The van der Waals surface area contributed by atoms with E-state index < -0.39 is 12.5 Å². The minimum Gasteiger partial charge on any atom is -0.497 e. The van der Waals surface area contributed by atoms with E-state index in [0.717, 1.165) is 0 Å². The maximum atomic E-state index is 12.5. The standard InChI is InChI=1S/C17H20N2O6/c1-11-4-13(18-25-11)7-16(20)19(10-17(21)22)9-12-5-14(23-2)8-15(6-12)24-3/h4-6,8H,7,9-10H2,1-3H3,(H,21,22). The summed E-state index contributed by atoms with van der Waals surface area (Å²) >= 11 is 0. The molecule has 1 heterocycles. The van der Waals surface area contributed by atoms with Crippen LogP contribution in [0, 0.1) is 6.92 Å². The molecule has 0 radical (unpaired) electrons. The van der Waals surface area contributed by atoms with Gasteiger partial charge in [0.05, 0.1) is 26.3 Å². The number of carbonyl (C=O) groups excluding carboxylic acids is 1. The summed E-state index contributed by atoms with van der Waals surface area (Å²) in [5.41, 5.74) is 1.16. The molecule has 0 aliphatic carbocycles. The Morgan fingerprint density at radius 1 is 1.16 bits per heavy atom. The van der Waals surface area contributed by atoms with Crippen LogP contribution in [0.25, 0.3) is 0 Å². The molecule has 0 spiro atoms. The molecular weight excluding hydrogens is 328 g/mol. The van der Waals surface area contributed by atoms with Crippen molar-refractivity contribution in [1.82, 2.24) is 10.1 Å². The van der Waals surface area contributed by atoms with Crippen LogP contribution in [0.1, 0.15) is 17.0 Å². The molecule has 1 N–H and O–H groups in total. The number of ether oxygens (including phenoxy) is 2. The Balaban J connectivity index is 2.19. The second-order valence-corrected chi connectivity index (χ2v) is 5.47. The Morgan fingerprint density at radius 3 is 2.28 bits per heavy atom. The van der Waals surface area contributed by atoms with E-state index in [1.54, 1.807) is 31.2 Å². The lowest BCUT2D eigenvalue weighted by atomic mass is 10.1. The summed E-state index contributed by atoms with van der Waals surface area (Å²) in [5, 5.41) is 12.9. The van der Waals surface area contributed by atoms with E-state index in [0.29, 0.717) is 28.5 Å². The van der Waals surface area contributed by atoms with Crippen LogP contribution in [0.3, 0.4) is 0 Å². The van der Waals surface area contributed by atoms with Crippen LogP contribution >= 0.6 is 0 Å². The molecule has 0 unspecified atom stereocenters. The number of hydrogen-bond donors (Lipinski definition) is 1. The van der Waals surface area contributed by atoms with Crippen LogP contribution < -0.4 is 9.47 Å². The second kappa shape index (κ2) is 8.18. The highest BCUT2D eigenvalue weighted by molar-refractivity contribution is 5.82. The molecule has 0 atom stereocenters. The van der Waals surface area contributed by atoms with Crippen molar-refractivity contribution < 1.29 is 28.7 Å². The number of amides is 1. The number of aromatic nitrogens is 1. The van der Waals surface area contributed by atoms with Crippen molar-refractivity contribution >= 4 is 11.9 Å². The first kappa shape index (κ1) is 18.3. The van der Waals surface area contributed by atoms with Gasteiger partial charge in [0.15, 0.2) is 0 Å². The van der Waals surface area contributed by atoms with Crippen molar-refractivity contribution in [2.75, 3.05) is 20.8 Å². The Kier molecular flexibility index (Phi) is 5.99. The van der Waals surface area contributed by atoms with E-state index >= 15 is 0 Å². The number of carboxylic acids is 1. The normalized spacial score (nSPS) is 10.4. The summed E-state index contributed by atoms with van der Waals surface area (Å²) < 4.78 is 15.3. The minimum absolute atomic E-state index is 0.0360. The molecular formula is C17H20N2O6. The van der Waals surface area contributed by atoms with Gasteiger partial charge >= 0.3 is 5.97 Å². The fraction of sp³-hybridized carbons (Fsp3) is 0.353. The Bertz CT molecular complexity index is 733. The van der Waals surface area contributed by atoms with E-state index in [-0.39, 0.29) is 18.9 Å². The van der Waals surface area contributed by atoms with E-state index in [4.69, 9.17) is 19.1 Å². The minimum atomic E-state index is -1.10. The van der Waals surface area contributed by atoms with E-state index in [1.807, 2.05) is 0 Å². The zero-order valence-corrected chi connectivity index (χ0v) is 14.3. The van der Waals surface area contributed by atoms with Gasteiger partial charge in [-0.1, -0.05) is 5.16 Å². The smallest absolute Gasteiger partial charge is 0.323 e. The molecule has 0 saturated carbocycles. The number of carbonyl (C=O) groups is 2. The lowest BCUT2D eigenvalue weighted by Gasteiger charge is -2.21. The van der Waals surface area contributed by atoms with Crippen LogP contribution in [0.4, 0.5) is 0 Å². The summed E-state index contributed by atoms with van der Waals surface area (Å²) in [6.45, 7) is 1.41. The number of hydrogen-bond acceptors (Lipinski definition) is 6. The Labute approximate surface area is 144 Å². The van der Waals surface area contributed by atoms with Gasteiger partial charge in [0.1, 0.15) is 23.8 Å². The van der Waals surface area contributed by atoms with Gasteiger partial charge in [-0.05, 0) is 24.6 Å². The van der Waals surface area contributed by atoms with Crippen LogP contribution in [0.2, 0.25) is 0 Å². The molecule has 0 aliphatic heterocycles. The van der Waals surface area contributed by atoms with Crippen molar-refractivity contribution in [2.24, 2.45) is 0 Å². The average molecular weight is 348 g/mol. The van der Waals surface area contributed by atoms with Gasteiger partial charge in [-0.25, -0.2) is 0 Å². The highest BCUT2D eigenvalue weighted by Crippen LogP contribution is 2.23. The fourth-order valence-corrected chi connectivity index (χ4v) is 2.34. The molecule has 134 valence electrons. The predicted molar refractivity (Wildman–Crippen MR) is 87.5 cm³/mol. The van der Waals surface area contributed by atoms with Gasteiger partial charge < -0.3 is 24.0 Å². The molecule has 2 rings (SSSR count). The molecule has 2 aromatic rings. The van der Waals surface area contributed by atoms with Crippen LogP contribution in [-0.4, -0.2) is 47.8 Å². The van der Waals surface area contributed by atoms with Gasteiger partial charge in [0.25, 0.3) is 0 Å². The van der Waals surface area contributed by atoms with E-state index in [1.165, 1.54) is 19.1 Å². The summed E-state index contributed by atoms with van der Waals surface area (Å²) in [7, 11) is 3.04. The Morgan fingerprint density at radius 2 is 1.80 bits per heavy atom. The molecule has 8 heteroatoms. The summed E-state index contributed by atoms with van der Waals surface area (Å²) in [5.74, 6) is 0.246. The maximum Gasteiger partial charge on any atom is 0.323 e. The third-order valence-corrected chi connectivity index (χ3v) is 3.47. The molecule has 0 aliphatic rings. The first-order valence-corrected chi connectivity index (χ1v) is 7.55. The second-order valence-electron chi connectivity index (χ2n) is 5.47. The molecule has 25 heavy (non-hydrogen) atoms. The zero-order valence-electron chi connectivity index (χ0n) is 14.3. The average Bonchev–Trinajstić information content (AvgIpc) is 2.98. The summed E-state index contributed by atoms with van der Waals surface area (Å²) in [4.78, 5) is 24.9. The molecule has 0 saturated heterocycles. The number of nitrogens with zero attached hydrogens (tertiary/aromatic N) is 2. The molecule has 1 amide bonds. The highest BCUT2D eigenvalue weighted by atomic mass is 16.5. The molecule has 1 aromatic heterocycles. The summed E-state index contributed by atoms with van der Waals surface area (Å²) in [6.07, 6.45) is -0.0360. The van der Waals surface area contributed by atoms with Gasteiger partial charge in [-0.15, -0.1) is 0 Å².